The van der Waals surface area contributed by atoms with Gasteiger partial charge in [0, 0.05) is 18.2 Å². The first-order chi connectivity index (χ1) is 8.87. The monoisotopic (exact) mass is 286 g/mol. The van der Waals surface area contributed by atoms with Crippen LogP contribution in [0.5, 0.6) is 5.75 Å². The first kappa shape index (κ1) is 15.9. The van der Waals surface area contributed by atoms with Crippen LogP contribution in [0.2, 0.25) is 0 Å². The van der Waals surface area contributed by atoms with Gasteiger partial charge in [0.25, 0.3) is 0 Å². The third-order valence-corrected chi connectivity index (χ3v) is 4.77. The summed E-state index contributed by atoms with van der Waals surface area (Å²) in [6.45, 7) is 4.12. The van der Waals surface area contributed by atoms with Gasteiger partial charge >= 0.3 is 0 Å². The Balaban J connectivity index is 2.86. The Morgan fingerprint density at radius 2 is 1.95 bits per heavy atom. The molecule has 0 aliphatic heterocycles. The largest absolute Gasteiger partial charge is 0.497 e. The Bertz CT molecular complexity index is 510. The van der Waals surface area contributed by atoms with E-state index in [0.29, 0.717) is 18.6 Å². The van der Waals surface area contributed by atoms with Gasteiger partial charge in [0.1, 0.15) is 5.75 Å². The summed E-state index contributed by atoms with van der Waals surface area (Å²) in [7, 11) is -2.06. The highest BCUT2D eigenvalue weighted by atomic mass is 32.2. The summed E-state index contributed by atoms with van der Waals surface area (Å²) in [5.74, 6) is 0.507. The molecule has 19 heavy (non-hydrogen) atoms. The van der Waals surface area contributed by atoms with Crippen molar-refractivity contribution in [3.05, 3.63) is 24.3 Å². The van der Waals surface area contributed by atoms with Crippen molar-refractivity contribution in [3.63, 3.8) is 0 Å². The molecule has 0 bridgehead atoms. The molecule has 0 saturated heterocycles. The number of nitrogens with two attached hydrogens (primary N) is 1. The summed E-state index contributed by atoms with van der Waals surface area (Å²) < 4.78 is 31.9. The summed E-state index contributed by atoms with van der Waals surface area (Å²) >= 11 is 0. The molecule has 0 atom stereocenters. The van der Waals surface area contributed by atoms with Crippen LogP contribution in [0.1, 0.15) is 26.7 Å². The van der Waals surface area contributed by atoms with Crippen LogP contribution in [0.4, 0.5) is 0 Å². The lowest BCUT2D eigenvalue weighted by Crippen LogP contribution is -2.49. The quantitative estimate of drug-likeness (QED) is 0.795. The van der Waals surface area contributed by atoms with Gasteiger partial charge in [0.15, 0.2) is 0 Å². The Kier molecular flexibility index (Phi) is 5.34. The predicted octanol–water partition coefficient (Wildman–Crippen LogP) is 1.49. The van der Waals surface area contributed by atoms with E-state index >= 15 is 0 Å². The van der Waals surface area contributed by atoms with Crippen molar-refractivity contribution in [1.29, 1.82) is 0 Å². The second-order valence-electron chi connectivity index (χ2n) is 4.57. The normalized spacial score (nSPS) is 12.4. The van der Waals surface area contributed by atoms with Gasteiger partial charge in [-0.25, -0.2) is 13.1 Å². The fraction of sp³-hybridized carbons (Fsp3) is 0.538. The summed E-state index contributed by atoms with van der Waals surface area (Å²) in [5.41, 5.74) is 5.58. The minimum absolute atomic E-state index is 0.182. The lowest BCUT2D eigenvalue weighted by molar-refractivity contribution is 0.391. The van der Waals surface area contributed by atoms with E-state index in [1.807, 2.05) is 13.8 Å². The lowest BCUT2D eigenvalue weighted by atomic mass is 9.95. The van der Waals surface area contributed by atoms with Crippen LogP contribution in [0, 0.1) is 0 Å². The minimum atomic E-state index is -3.56. The smallest absolute Gasteiger partial charge is 0.240 e. The SMILES string of the molecule is CCC(N)(CC)CNS(=O)(=O)c1cccc(OC)c1. The fourth-order valence-corrected chi connectivity index (χ4v) is 2.76. The van der Waals surface area contributed by atoms with E-state index in [1.165, 1.54) is 19.2 Å². The molecule has 108 valence electrons. The van der Waals surface area contributed by atoms with Crippen LogP contribution < -0.4 is 15.2 Å². The number of sulfonamides is 1. The summed E-state index contributed by atoms with van der Waals surface area (Å²) in [4.78, 5) is 0.182. The number of nitrogens with one attached hydrogen (secondary N) is 1. The molecule has 0 aliphatic rings. The maximum Gasteiger partial charge on any atom is 0.240 e. The summed E-state index contributed by atoms with van der Waals surface area (Å²) in [5, 5.41) is 0. The second-order valence-corrected chi connectivity index (χ2v) is 6.34. The molecule has 6 heteroatoms. The molecule has 0 radical (unpaired) electrons. The average molecular weight is 286 g/mol. The number of hydrogen-bond acceptors (Lipinski definition) is 4. The molecule has 0 amide bonds. The standard InChI is InChI=1S/C13H22N2O3S/c1-4-13(14,5-2)10-15-19(16,17)12-8-6-7-11(9-12)18-3/h6-9,15H,4-5,10,14H2,1-3H3. The molecule has 1 aromatic carbocycles. The second kappa shape index (κ2) is 6.36. The van der Waals surface area contributed by atoms with E-state index in [2.05, 4.69) is 4.72 Å². The van der Waals surface area contributed by atoms with Crippen molar-refractivity contribution in [2.45, 2.75) is 37.1 Å². The highest BCUT2D eigenvalue weighted by Gasteiger charge is 2.24. The van der Waals surface area contributed by atoms with Crippen LogP contribution >= 0.6 is 0 Å². The molecule has 5 nitrogen and oxygen atoms in total. The average Bonchev–Trinajstić information content (AvgIpc) is 2.45. The first-order valence-electron chi connectivity index (χ1n) is 6.29. The van der Waals surface area contributed by atoms with E-state index in [9.17, 15) is 8.42 Å². The Morgan fingerprint density at radius 3 is 2.47 bits per heavy atom. The van der Waals surface area contributed by atoms with Crippen LogP contribution in [0.3, 0.4) is 0 Å². The van der Waals surface area contributed by atoms with Gasteiger partial charge in [-0.15, -0.1) is 0 Å². The lowest BCUT2D eigenvalue weighted by Gasteiger charge is -2.26. The topological polar surface area (TPSA) is 81.4 Å². The van der Waals surface area contributed by atoms with Crippen LogP contribution in [-0.4, -0.2) is 27.6 Å². The van der Waals surface area contributed by atoms with E-state index in [4.69, 9.17) is 10.5 Å². The zero-order chi connectivity index (χ0) is 14.5. The third kappa shape index (κ3) is 4.19. The number of methoxy groups -OCH3 is 1. The maximum atomic E-state index is 12.2. The molecule has 1 rings (SSSR count). The molecule has 0 aliphatic carbocycles. The van der Waals surface area contributed by atoms with E-state index < -0.39 is 15.6 Å². The third-order valence-electron chi connectivity index (χ3n) is 3.37. The van der Waals surface area contributed by atoms with Crippen molar-refractivity contribution in [2.24, 2.45) is 5.73 Å². The molecule has 0 fully saturated rings. The van der Waals surface area contributed by atoms with Crippen molar-refractivity contribution < 1.29 is 13.2 Å². The molecule has 0 unspecified atom stereocenters. The van der Waals surface area contributed by atoms with Crippen LogP contribution in [-0.2, 0) is 10.0 Å². The molecule has 0 saturated carbocycles. The van der Waals surface area contributed by atoms with Gasteiger partial charge in [-0.1, -0.05) is 19.9 Å². The van der Waals surface area contributed by atoms with Crippen molar-refractivity contribution >= 4 is 10.0 Å². The van der Waals surface area contributed by atoms with Gasteiger partial charge in [0.05, 0.1) is 12.0 Å². The van der Waals surface area contributed by atoms with Gasteiger partial charge in [-0.05, 0) is 25.0 Å². The van der Waals surface area contributed by atoms with Crippen LogP contribution in [0.15, 0.2) is 29.2 Å². The van der Waals surface area contributed by atoms with E-state index in [1.54, 1.807) is 12.1 Å². The Morgan fingerprint density at radius 1 is 1.32 bits per heavy atom. The fourth-order valence-electron chi connectivity index (χ4n) is 1.59. The zero-order valence-corrected chi connectivity index (χ0v) is 12.5. The van der Waals surface area contributed by atoms with Gasteiger partial charge < -0.3 is 10.5 Å². The van der Waals surface area contributed by atoms with Crippen molar-refractivity contribution in [2.75, 3.05) is 13.7 Å². The molecule has 0 aromatic heterocycles. The highest BCUT2D eigenvalue weighted by molar-refractivity contribution is 7.89. The van der Waals surface area contributed by atoms with Gasteiger partial charge in [0.2, 0.25) is 10.0 Å². The summed E-state index contributed by atoms with van der Waals surface area (Å²) in [6, 6.07) is 6.35. The van der Waals surface area contributed by atoms with Crippen molar-refractivity contribution in [3.8, 4) is 5.75 Å². The highest BCUT2D eigenvalue weighted by Crippen LogP contribution is 2.18. The number of ether oxygens (including phenoxy) is 1. The first-order valence-corrected chi connectivity index (χ1v) is 7.78. The predicted molar refractivity (Wildman–Crippen MR) is 75.7 cm³/mol. The number of hydrogen-bond donors (Lipinski definition) is 2. The van der Waals surface area contributed by atoms with Crippen molar-refractivity contribution in [1.82, 2.24) is 4.72 Å². The van der Waals surface area contributed by atoms with Crippen LogP contribution in [0.25, 0.3) is 0 Å². The molecule has 0 heterocycles. The Labute approximate surface area is 115 Å². The molecular formula is C13H22N2O3S. The number of rotatable bonds is 7. The molecule has 0 spiro atoms. The van der Waals surface area contributed by atoms with Gasteiger partial charge in [-0.2, -0.15) is 0 Å². The van der Waals surface area contributed by atoms with Gasteiger partial charge in [-0.3, -0.25) is 0 Å². The van der Waals surface area contributed by atoms with E-state index in [-0.39, 0.29) is 11.4 Å². The van der Waals surface area contributed by atoms with E-state index in [0.717, 1.165) is 0 Å². The Hall–Kier alpha value is -1.11. The zero-order valence-electron chi connectivity index (χ0n) is 11.6. The summed E-state index contributed by atoms with van der Waals surface area (Å²) in [6.07, 6.45) is 1.42. The molecular weight excluding hydrogens is 264 g/mol. The minimum Gasteiger partial charge on any atom is -0.497 e. The molecule has 3 N–H and O–H groups in total. The molecule has 1 aromatic rings. The maximum absolute atomic E-state index is 12.2. The number of benzene rings is 1.